The summed E-state index contributed by atoms with van der Waals surface area (Å²) >= 11 is 6.28. The maximum atomic E-state index is 13.3. The Kier molecular flexibility index (Phi) is 6.68. The van der Waals surface area contributed by atoms with E-state index in [-0.39, 0.29) is 22.5 Å². The van der Waals surface area contributed by atoms with Gasteiger partial charge in [-0.2, -0.15) is 0 Å². The first-order chi connectivity index (χ1) is 18.5. The van der Waals surface area contributed by atoms with Crippen LogP contribution in [0.3, 0.4) is 0 Å². The van der Waals surface area contributed by atoms with Gasteiger partial charge < -0.3 is 15.2 Å². The number of benzene rings is 3. The number of nitrogens with zero attached hydrogens (tertiary/aromatic N) is 2. The van der Waals surface area contributed by atoms with Gasteiger partial charge in [-0.3, -0.25) is 14.7 Å². The predicted octanol–water partition coefficient (Wildman–Crippen LogP) is 7.20. The molecule has 3 aromatic carbocycles. The highest BCUT2D eigenvalue weighted by atomic mass is 35.5. The van der Waals surface area contributed by atoms with Crippen molar-refractivity contribution in [2.24, 2.45) is 5.92 Å². The number of carbonyl (C=O) groups is 1. The minimum Gasteiger partial charge on any atom is -0.503 e. The van der Waals surface area contributed by atoms with Gasteiger partial charge in [-0.05, 0) is 91.9 Å². The number of ether oxygens (including phenoxy) is 1. The number of phenols is 1. The van der Waals surface area contributed by atoms with Gasteiger partial charge in [0.25, 0.3) is 0 Å². The minimum atomic E-state index is -0.0896. The molecule has 0 bridgehead atoms. The second-order valence-corrected chi connectivity index (χ2v) is 10.6. The zero-order chi connectivity index (χ0) is 26.2. The topological polar surface area (TPSA) is 74.7 Å². The molecule has 4 aromatic rings. The van der Waals surface area contributed by atoms with Gasteiger partial charge in [0, 0.05) is 29.7 Å². The number of pyridine rings is 1. The molecule has 2 N–H and O–H groups in total. The molecule has 0 radical (unpaired) electrons. The number of nitrogens with one attached hydrogen (secondary N) is 1. The molecule has 0 unspecified atom stereocenters. The van der Waals surface area contributed by atoms with Gasteiger partial charge in [0.1, 0.15) is 0 Å². The molecule has 0 atom stereocenters. The van der Waals surface area contributed by atoms with Crippen molar-refractivity contribution < 1.29 is 14.6 Å². The quantitative estimate of drug-likeness (QED) is 0.236. The fraction of sp³-hybridized carbons (Fsp3) is 0.290. The maximum absolute atomic E-state index is 13.3. The first-order valence-electron chi connectivity index (χ1n) is 13.1. The van der Waals surface area contributed by atoms with Crippen molar-refractivity contribution in [2.45, 2.75) is 32.2 Å². The summed E-state index contributed by atoms with van der Waals surface area (Å²) in [6.07, 6.45) is 6.10. The molecule has 1 aromatic heterocycles. The molecule has 0 amide bonds. The van der Waals surface area contributed by atoms with Gasteiger partial charge in [-0.15, -0.1) is 0 Å². The van der Waals surface area contributed by atoms with Gasteiger partial charge in [-0.25, -0.2) is 0 Å². The number of likely N-dealkylation sites (tertiary alicyclic amines) is 1. The Morgan fingerprint density at radius 2 is 1.84 bits per heavy atom. The van der Waals surface area contributed by atoms with Gasteiger partial charge in [0.05, 0.1) is 28.9 Å². The van der Waals surface area contributed by atoms with Crippen LogP contribution in [0.25, 0.3) is 22.0 Å². The van der Waals surface area contributed by atoms with Crippen LogP contribution < -0.4 is 10.1 Å². The summed E-state index contributed by atoms with van der Waals surface area (Å²) in [7, 11) is 1.49. The molecule has 2 aliphatic rings. The Bertz CT molecular complexity index is 1510. The molecule has 0 spiro atoms. The van der Waals surface area contributed by atoms with E-state index in [1.807, 2.05) is 18.2 Å². The molecule has 38 heavy (non-hydrogen) atoms. The van der Waals surface area contributed by atoms with E-state index in [1.54, 1.807) is 18.3 Å². The Morgan fingerprint density at radius 1 is 1.08 bits per heavy atom. The van der Waals surface area contributed by atoms with Crippen molar-refractivity contribution in [3.8, 4) is 22.6 Å². The highest BCUT2D eigenvalue weighted by Gasteiger charge is 2.32. The first kappa shape index (κ1) is 24.7. The lowest BCUT2D eigenvalue weighted by Gasteiger charge is -2.17. The van der Waals surface area contributed by atoms with Crippen LogP contribution in [0.5, 0.6) is 11.5 Å². The summed E-state index contributed by atoms with van der Waals surface area (Å²) in [5.74, 6) is 0.414. The molecule has 1 saturated carbocycles. The van der Waals surface area contributed by atoms with E-state index in [0.29, 0.717) is 11.3 Å². The number of carbonyl (C=O) groups excluding carboxylic acids is 1. The minimum absolute atomic E-state index is 0.0704. The molecule has 6 rings (SSSR count). The van der Waals surface area contributed by atoms with Gasteiger partial charge >= 0.3 is 0 Å². The van der Waals surface area contributed by atoms with Crippen LogP contribution in [0.2, 0.25) is 5.02 Å². The number of aromatic nitrogens is 1. The van der Waals surface area contributed by atoms with Gasteiger partial charge in [-0.1, -0.05) is 29.8 Å². The van der Waals surface area contributed by atoms with Crippen LogP contribution in [0.15, 0.2) is 60.8 Å². The monoisotopic (exact) mass is 527 g/mol. The normalized spacial score (nSPS) is 15.6. The average Bonchev–Trinajstić information content (AvgIpc) is 3.67. The number of hydrogen-bond acceptors (Lipinski definition) is 6. The van der Waals surface area contributed by atoms with Crippen LogP contribution in [0.1, 0.15) is 41.6 Å². The van der Waals surface area contributed by atoms with Gasteiger partial charge in [0.2, 0.25) is 0 Å². The lowest BCUT2D eigenvalue weighted by Crippen LogP contribution is -2.18. The zero-order valence-electron chi connectivity index (χ0n) is 21.3. The smallest absolute Gasteiger partial charge is 0.176 e. The number of fused-ring (bicyclic) bond motifs is 1. The Labute approximate surface area is 227 Å². The number of anilines is 2. The number of phenolic OH excluding ortho intramolecular Hbond substituents is 1. The maximum Gasteiger partial charge on any atom is 0.176 e. The third-order valence-corrected chi connectivity index (χ3v) is 7.78. The van der Waals surface area contributed by atoms with E-state index in [2.05, 4.69) is 39.5 Å². The summed E-state index contributed by atoms with van der Waals surface area (Å²) in [6, 6.07) is 17.8. The zero-order valence-corrected chi connectivity index (χ0v) is 22.1. The fourth-order valence-electron chi connectivity index (χ4n) is 5.19. The SMILES string of the molecule is COc1cc(-c2ccc3ncc(C(=O)C4CC4)c(Nc4ccc(CN5CCCC5)cc4)c3c2)cc(Cl)c1O. The Balaban J connectivity index is 1.40. The van der Waals surface area contributed by atoms with E-state index in [1.165, 1.54) is 25.5 Å². The van der Waals surface area contributed by atoms with Crippen molar-refractivity contribution in [1.82, 2.24) is 9.88 Å². The average molecular weight is 528 g/mol. The molecule has 1 aliphatic carbocycles. The summed E-state index contributed by atoms with van der Waals surface area (Å²) in [5.41, 5.74) is 6.03. The molecule has 7 heteroatoms. The van der Waals surface area contributed by atoms with Crippen molar-refractivity contribution in [3.63, 3.8) is 0 Å². The molecule has 194 valence electrons. The van der Waals surface area contributed by atoms with E-state index < -0.39 is 0 Å². The molecular formula is C31H30ClN3O3. The third kappa shape index (κ3) is 4.94. The fourth-order valence-corrected chi connectivity index (χ4v) is 5.40. The molecule has 2 fully saturated rings. The second kappa shape index (κ2) is 10.3. The highest BCUT2D eigenvalue weighted by molar-refractivity contribution is 6.32. The predicted molar refractivity (Wildman–Crippen MR) is 152 cm³/mol. The summed E-state index contributed by atoms with van der Waals surface area (Å²) in [6.45, 7) is 3.29. The largest absolute Gasteiger partial charge is 0.503 e. The Morgan fingerprint density at radius 3 is 2.55 bits per heavy atom. The lowest BCUT2D eigenvalue weighted by molar-refractivity contribution is 0.0968. The molecule has 2 heterocycles. The van der Waals surface area contributed by atoms with Crippen molar-refractivity contribution >= 4 is 39.7 Å². The summed E-state index contributed by atoms with van der Waals surface area (Å²) in [4.78, 5) is 20.4. The van der Waals surface area contributed by atoms with E-state index in [0.717, 1.165) is 65.9 Å². The van der Waals surface area contributed by atoms with Crippen LogP contribution in [0.4, 0.5) is 11.4 Å². The number of hydrogen-bond donors (Lipinski definition) is 2. The number of ketones is 1. The first-order valence-corrected chi connectivity index (χ1v) is 13.5. The number of aromatic hydroxyl groups is 1. The Hall–Kier alpha value is -3.61. The van der Waals surface area contributed by atoms with Crippen LogP contribution in [-0.2, 0) is 6.54 Å². The van der Waals surface area contributed by atoms with Crippen molar-refractivity contribution in [1.29, 1.82) is 0 Å². The third-order valence-electron chi connectivity index (χ3n) is 7.49. The molecule has 1 saturated heterocycles. The van der Waals surface area contributed by atoms with Crippen LogP contribution >= 0.6 is 11.6 Å². The molecule has 1 aliphatic heterocycles. The van der Waals surface area contributed by atoms with Crippen LogP contribution in [-0.4, -0.2) is 41.0 Å². The van der Waals surface area contributed by atoms with Gasteiger partial charge in [0.15, 0.2) is 17.3 Å². The number of rotatable bonds is 8. The molecular weight excluding hydrogens is 498 g/mol. The standard InChI is InChI=1S/C31H30ClN3O3/c1-38-28-16-22(15-26(32)31(28)37)21-8-11-27-24(14-21)29(25(17-33-27)30(36)20-6-7-20)34-23-9-4-19(5-10-23)18-35-12-2-3-13-35/h4-5,8-11,14-17,20,37H,2-3,6-7,12-13,18H2,1H3,(H,33,34). The van der Waals surface area contributed by atoms with E-state index >= 15 is 0 Å². The lowest BCUT2D eigenvalue weighted by atomic mass is 9.98. The van der Waals surface area contributed by atoms with Crippen LogP contribution in [0, 0.1) is 5.92 Å². The number of halogens is 1. The summed E-state index contributed by atoms with van der Waals surface area (Å²) < 4.78 is 5.31. The highest BCUT2D eigenvalue weighted by Crippen LogP contribution is 2.41. The number of methoxy groups -OCH3 is 1. The summed E-state index contributed by atoms with van der Waals surface area (Å²) in [5, 5.41) is 14.8. The number of Topliss-reactive ketones (excluding diaryl/α,β-unsaturated/α-hetero) is 1. The second-order valence-electron chi connectivity index (χ2n) is 10.2. The van der Waals surface area contributed by atoms with Crippen molar-refractivity contribution in [3.05, 3.63) is 76.9 Å². The van der Waals surface area contributed by atoms with E-state index in [9.17, 15) is 9.90 Å². The molecule has 6 nitrogen and oxygen atoms in total. The van der Waals surface area contributed by atoms with E-state index in [4.69, 9.17) is 16.3 Å². The van der Waals surface area contributed by atoms with Crippen molar-refractivity contribution in [2.75, 3.05) is 25.5 Å².